The first-order valence-corrected chi connectivity index (χ1v) is 4.95. The van der Waals surface area contributed by atoms with E-state index in [1.165, 1.54) is 0 Å². The molecule has 2 bridgehead atoms. The second-order valence-corrected chi connectivity index (χ2v) is 5.72. The van der Waals surface area contributed by atoms with Gasteiger partial charge in [0, 0.05) is 5.92 Å². The maximum Gasteiger partial charge on any atom is 0.219 e. The van der Waals surface area contributed by atoms with Crippen LogP contribution in [-0.4, -0.2) is 16.4 Å². The molecule has 0 heterocycles. The van der Waals surface area contributed by atoms with Gasteiger partial charge in [-0.2, -0.15) is 0 Å². The smallest absolute Gasteiger partial charge is 0.219 e. The van der Waals surface area contributed by atoms with Crippen molar-refractivity contribution < 1.29 is 9.59 Å². The Labute approximate surface area is 82.6 Å². The van der Waals surface area contributed by atoms with Gasteiger partial charge in [0.1, 0.15) is 4.87 Å². The minimum atomic E-state index is -0.949. The van der Waals surface area contributed by atoms with E-state index in [0.717, 1.165) is 6.42 Å². The molecule has 0 amide bonds. The second kappa shape index (κ2) is 2.17. The Bertz CT molecular complexity index is 304. The highest BCUT2D eigenvalue weighted by molar-refractivity contribution is 6.54. The largest absolute Gasteiger partial charge is 0.290 e. The van der Waals surface area contributed by atoms with E-state index in [1.807, 2.05) is 13.8 Å². The van der Waals surface area contributed by atoms with Crippen LogP contribution in [0.4, 0.5) is 0 Å². The van der Waals surface area contributed by atoms with Gasteiger partial charge in [-0.15, -0.1) is 11.6 Å². The van der Waals surface area contributed by atoms with Gasteiger partial charge in [0.2, 0.25) is 11.6 Å². The van der Waals surface area contributed by atoms with Crippen molar-refractivity contribution >= 4 is 23.2 Å². The van der Waals surface area contributed by atoms with E-state index in [1.54, 1.807) is 6.92 Å². The predicted octanol–water partition coefficient (Wildman–Crippen LogP) is 1.80. The predicted molar refractivity (Wildman–Crippen MR) is 49.7 cm³/mol. The second-order valence-electron chi connectivity index (χ2n) is 4.93. The number of halogens is 1. The summed E-state index contributed by atoms with van der Waals surface area (Å²) in [5.74, 6) is -0.548. The van der Waals surface area contributed by atoms with Gasteiger partial charge in [-0.1, -0.05) is 13.8 Å². The fourth-order valence-electron chi connectivity index (χ4n) is 2.85. The Morgan fingerprint density at radius 3 is 2.23 bits per heavy atom. The standard InChI is InChI=1S/C10H13ClO2/c1-9(2)5-4-6(9)10(3,11)8(13)7(5)12/h5-6H,4H2,1-3H3/t5-,6+,10+/m0/s1. The van der Waals surface area contributed by atoms with E-state index in [2.05, 4.69) is 0 Å². The summed E-state index contributed by atoms with van der Waals surface area (Å²) in [4.78, 5) is 22.1. The molecule has 0 aromatic rings. The summed E-state index contributed by atoms with van der Waals surface area (Å²) in [7, 11) is 0. The van der Waals surface area contributed by atoms with Crippen LogP contribution in [0.25, 0.3) is 0 Å². The van der Waals surface area contributed by atoms with Crippen LogP contribution in [0.15, 0.2) is 0 Å². The van der Waals surface area contributed by atoms with Crippen molar-refractivity contribution in [2.45, 2.75) is 32.1 Å². The Morgan fingerprint density at radius 2 is 1.85 bits per heavy atom. The van der Waals surface area contributed by atoms with Gasteiger partial charge in [0.25, 0.3) is 0 Å². The first-order chi connectivity index (χ1) is 5.79. The number of alkyl halides is 1. The summed E-state index contributed by atoms with van der Waals surface area (Å²) >= 11 is 6.12. The third-order valence-corrected chi connectivity index (χ3v) is 4.34. The maximum absolute atomic E-state index is 11.6. The number of ketones is 2. The lowest BCUT2D eigenvalue weighted by Crippen LogP contribution is -2.67. The van der Waals surface area contributed by atoms with Crippen molar-refractivity contribution in [3.8, 4) is 0 Å². The number of Topliss-reactive ketones (excluding diaryl/α,β-unsaturated/α-hetero) is 2. The molecular formula is C10H13ClO2. The molecule has 3 saturated carbocycles. The van der Waals surface area contributed by atoms with Gasteiger partial charge < -0.3 is 0 Å². The van der Waals surface area contributed by atoms with Crippen molar-refractivity contribution in [1.82, 2.24) is 0 Å². The fraction of sp³-hybridized carbons (Fsp3) is 0.800. The van der Waals surface area contributed by atoms with Crippen LogP contribution in [0.2, 0.25) is 0 Å². The minimum absolute atomic E-state index is 0.0724. The van der Waals surface area contributed by atoms with E-state index in [0.29, 0.717) is 0 Å². The summed E-state index contributed by atoms with van der Waals surface area (Å²) in [5.41, 5.74) is -0.0819. The summed E-state index contributed by atoms with van der Waals surface area (Å²) < 4.78 is 0. The van der Waals surface area contributed by atoms with Gasteiger partial charge in [-0.05, 0) is 24.7 Å². The van der Waals surface area contributed by atoms with Crippen LogP contribution in [-0.2, 0) is 9.59 Å². The van der Waals surface area contributed by atoms with E-state index < -0.39 is 4.87 Å². The van der Waals surface area contributed by atoms with Crippen molar-refractivity contribution in [3.05, 3.63) is 0 Å². The third-order valence-electron chi connectivity index (χ3n) is 3.91. The molecule has 3 aliphatic carbocycles. The number of carbonyl (C=O) groups excluding carboxylic acids is 2. The van der Waals surface area contributed by atoms with Gasteiger partial charge >= 0.3 is 0 Å². The van der Waals surface area contributed by atoms with Gasteiger partial charge in [0.15, 0.2) is 0 Å². The van der Waals surface area contributed by atoms with Crippen LogP contribution in [0, 0.1) is 17.3 Å². The highest BCUT2D eigenvalue weighted by atomic mass is 35.5. The van der Waals surface area contributed by atoms with Crippen LogP contribution >= 0.6 is 11.6 Å². The Kier molecular flexibility index (Phi) is 1.53. The topological polar surface area (TPSA) is 34.1 Å². The maximum atomic E-state index is 11.6. The molecule has 3 aliphatic rings. The number of fused-ring (bicyclic) bond motifs is 2. The zero-order chi connectivity index (χ0) is 10.0. The van der Waals surface area contributed by atoms with Gasteiger partial charge in [-0.25, -0.2) is 0 Å². The molecule has 0 unspecified atom stereocenters. The fourth-order valence-corrected chi connectivity index (χ4v) is 3.31. The summed E-state index contributed by atoms with van der Waals surface area (Å²) in [5, 5.41) is 0. The lowest BCUT2D eigenvalue weighted by molar-refractivity contribution is -0.165. The average molecular weight is 201 g/mol. The summed E-state index contributed by atoms with van der Waals surface area (Å²) in [6.45, 7) is 5.73. The molecule has 0 aliphatic heterocycles. The third kappa shape index (κ3) is 0.850. The lowest BCUT2D eigenvalue weighted by Gasteiger charge is -2.59. The van der Waals surface area contributed by atoms with Crippen molar-refractivity contribution in [3.63, 3.8) is 0 Å². The van der Waals surface area contributed by atoms with Crippen LogP contribution in [0.5, 0.6) is 0 Å². The zero-order valence-corrected chi connectivity index (χ0v) is 8.81. The summed E-state index contributed by atoms with van der Waals surface area (Å²) in [6.07, 6.45) is 0.789. The monoisotopic (exact) mass is 200 g/mol. The molecule has 3 rings (SSSR count). The highest BCUT2D eigenvalue weighted by Gasteiger charge is 2.67. The quantitative estimate of drug-likeness (QED) is 0.442. The van der Waals surface area contributed by atoms with Crippen LogP contribution in [0.1, 0.15) is 27.2 Å². The molecule has 3 fully saturated rings. The van der Waals surface area contributed by atoms with Crippen LogP contribution in [0.3, 0.4) is 0 Å². The zero-order valence-electron chi connectivity index (χ0n) is 8.06. The van der Waals surface area contributed by atoms with Crippen molar-refractivity contribution in [2.24, 2.45) is 17.3 Å². The van der Waals surface area contributed by atoms with Crippen molar-refractivity contribution in [1.29, 1.82) is 0 Å². The average Bonchev–Trinajstić information content (AvgIpc) is 1.98. The minimum Gasteiger partial charge on any atom is -0.290 e. The Morgan fingerprint density at radius 1 is 1.31 bits per heavy atom. The molecule has 0 spiro atoms. The number of hydrogen-bond donors (Lipinski definition) is 0. The number of rotatable bonds is 0. The molecule has 0 aromatic heterocycles. The SMILES string of the molecule is CC1(C)[C@H]2C[C@H]1C(=O)C(=O)[C@]2(C)Cl. The summed E-state index contributed by atoms with van der Waals surface area (Å²) in [6, 6.07) is 0. The van der Waals surface area contributed by atoms with E-state index in [-0.39, 0.29) is 28.8 Å². The lowest BCUT2D eigenvalue weighted by atomic mass is 9.45. The molecule has 13 heavy (non-hydrogen) atoms. The number of carbonyl (C=O) groups is 2. The Balaban J connectivity index is 2.45. The van der Waals surface area contributed by atoms with Gasteiger partial charge in [0.05, 0.1) is 0 Å². The van der Waals surface area contributed by atoms with Gasteiger partial charge in [-0.3, -0.25) is 9.59 Å². The van der Waals surface area contributed by atoms with Crippen molar-refractivity contribution in [2.75, 3.05) is 0 Å². The Hall–Kier alpha value is -0.370. The highest BCUT2D eigenvalue weighted by Crippen LogP contribution is 2.61. The molecular weight excluding hydrogens is 188 g/mol. The molecule has 3 atom stereocenters. The molecule has 72 valence electrons. The van der Waals surface area contributed by atoms with E-state index >= 15 is 0 Å². The molecule has 0 aromatic carbocycles. The molecule has 3 heteroatoms. The molecule has 2 nitrogen and oxygen atoms in total. The van der Waals surface area contributed by atoms with Crippen LogP contribution < -0.4 is 0 Å². The molecule has 0 radical (unpaired) electrons. The number of hydrogen-bond acceptors (Lipinski definition) is 2. The normalized spacial score (nSPS) is 47.4. The first kappa shape index (κ1) is 9.20. The van der Waals surface area contributed by atoms with E-state index in [4.69, 9.17) is 11.6 Å². The molecule has 0 N–H and O–H groups in total. The molecule has 0 saturated heterocycles. The first-order valence-electron chi connectivity index (χ1n) is 4.57. The van der Waals surface area contributed by atoms with E-state index in [9.17, 15) is 9.59 Å².